The summed E-state index contributed by atoms with van der Waals surface area (Å²) in [5.41, 5.74) is 2.22. The van der Waals surface area contributed by atoms with Gasteiger partial charge in [0.15, 0.2) is 0 Å². The van der Waals surface area contributed by atoms with Gasteiger partial charge in [-0.1, -0.05) is 36.1 Å². The molecular formula is C20H24N2O3S2. The fourth-order valence-corrected chi connectivity index (χ4v) is 4.63. The third-order valence-corrected chi connectivity index (χ3v) is 6.19. The highest BCUT2D eigenvalue weighted by Crippen LogP contribution is 2.33. The van der Waals surface area contributed by atoms with Crippen molar-refractivity contribution < 1.29 is 14.7 Å². The van der Waals surface area contributed by atoms with Gasteiger partial charge in [0.05, 0.1) is 4.91 Å². The lowest BCUT2D eigenvalue weighted by atomic mass is 10.1. The predicted molar refractivity (Wildman–Crippen MR) is 114 cm³/mol. The number of hydrogen-bond donors (Lipinski definition) is 1. The molecule has 0 aliphatic carbocycles. The zero-order valence-corrected chi connectivity index (χ0v) is 16.9. The molecule has 1 aromatic carbocycles. The molecule has 2 saturated heterocycles. The number of carbonyl (C=O) groups excluding carboxylic acids is 1. The molecule has 144 valence electrons. The zero-order valence-electron chi connectivity index (χ0n) is 15.2. The van der Waals surface area contributed by atoms with Crippen LogP contribution in [0, 0.1) is 0 Å². The van der Waals surface area contributed by atoms with Gasteiger partial charge in [-0.3, -0.25) is 14.5 Å². The van der Waals surface area contributed by atoms with Crippen molar-refractivity contribution in [3.05, 3.63) is 34.7 Å². The number of aliphatic carboxylic acids is 1. The van der Waals surface area contributed by atoms with Crippen molar-refractivity contribution in [3.63, 3.8) is 0 Å². The molecule has 0 radical (unpaired) electrons. The molecule has 7 heteroatoms. The molecule has 2 heterocycles. The van der Waals surface area contributed by atoms with E-state index in [1.807, 2.05) is 18.2 Å². The first-order chi connectivity index (χ1) is 13.0. The van der Waals surface area contributed by atoms with E-state index in [1.54, 1.807) is 4.90 Å². The van der Waals surface area contributed by atoms with Gasteiger partial charge in [-0.15, -0.1) is 0 Å². The lowest BCUT2D eigenvalue weighted by molar-refractivity contribution is -0.137. The lowest BCUT2D eigenvalue weighted by Crippen LogP contribution is -2.29. The number of carboxylic acid groups (broad SMARTS) is 1. The van der Waals surface area contributed by atoms with Crippen LogP contribution in [-0.2, 0) is 9.59 Å². The van der Waals surface area contributed by atoms with E-state index in [0.717, 1.165) is 18.7 Å². The van der Waals surface area contributed by atoms with Crippen molar-refractivity contribution in [1.82, 2.24) is 4.90 Å². The monoisotopic (exact) mass is 404 g/mol. The summed E-state index contributed by atoms with van der Waals surface area (Å²) in [5, 5.41) is 8.70. The molecule has 1 aromatic rings. The number of piperidine rings is 1. The van der Waals surface area contributed by atoms with E-state index in [1.165, 1.54) is 36.7 Å². The molecule has 5 nitrogen and oxygen atoms in total. The molecule has 3 rings (SSSR count). The molecular weight excluding hydrogens is 380 g/mol. The topological polar surface area (TPSA) is 60.9 Å². The Morgan fingerprint density at radius 2 is 1.85 bits per heavy atom. The normalized spacial score (nSPS) is 19.2. The van der Waals surface area contributed by atoms with Crippen LogP contribution in [0.3, 0.4) is 0 Å². The van der Waals surface area contributed by atoms with Gasteiger partial charge in [0.2, 0.25) is 0 Å². The summed E-state index contributed by atoms with van der Waals surface area (Å²) in [5.74, 6) is -0.895. The number of carbonyl (C=O) groups is 2. The van der Waals surface area contributed by atoms with Crippen molar-refractivity contribution in [3.8, 4) is 0 Å². The fraction of sp³-hybridized carbons (Fsp3) is 0.450. The number of unbranched alkanes of at least 4 members (excludes halogenated alkanes) is 1. The summed E-state index contributed by atoms with van der Waals surface area (Å²) in [4.78, 5) is 27.8. The number of thiocarbonyl (C=S) groups is 1. The first kappa shape index (κ1) is 19.9. The highest BCUT2D eigenvalue weighted by atomic mass is 32.2. The molecule has 2 fully saturated rings. The van der Waals surface area contributed by atoms with E-state index >= 15 is 0 Å². The average molecular weight is 405 g/mol. The third-order valence-electron chi connectivity index (χ3n) is 4.81. The van der Waals surface area contributed by atoms with Gasteiger partial charge < -0.3 is 10.0 Å². The first-order valence-electron chi connectivity index (χ1n) is 9.37. The van der Waals surface area contributed by atoms with E-state index in [4.69, 9.17) is 17.3 Å². The van der Waals surface area contributed by atoms with Crippen molar-refractivity contribution in [2.24, 2.45) is 0 Å². The van der Waals surface area contributed by atoms with Crippen LogP contribution in [0.15, 0.2) is 29.2 Å². The van der Waals surface area contributed by atoms with Crippen LogP contribution in [0.1, 0.15) is 44.1 Å². The van der Waals surface area contributed by atoms with Crippen LogP contribution in [-0.4, -0.2) is 45.8 Å². The number of thioether (sulfide) groups is 1. The zero-order chi connectivity index (χ0) is 19.2. The summed E-state index contributed by atoms with van der Waals surface area (Å²) in [6.45, 7) is 2.70. The van der Waals surface area contributed by atoms with Crippen LogP contribution in [0.5, 0.6) is 0 Å². The summed E-state index contributed by atoms with van der Waals surface area (Å²) in [7, 11) is 0. The maximum atomic E-state index is 12.6. The van der Waals surface area contributed by atoms with Gasteiger partial charge in [0, 0.05) is 31.7 Å². The summed E-state index contributed by atoms with van der Waals surface area (Å²) >= 11 is 6.64. The minimum atomic E-state index is -0.812. The predicted octanol–water partition coefficient (Wildman–Crippen LogP) is 4.13. The van der Waals surface area contributed by atoms with Crippen molar-refractivity contribution in [2.45, 2.75) is 38.5 Å². The number of nitrogens with zero attached hydrogens (tertiary/aromatic N) is 2. The molecule has 2 aliphatic heterocycles. The Morgan fingerprint density at radius 3 is 2.52 bits per heavy atom. The first-order valence-corrected chi connectivity index (χ1v) is 10.6. The Morgan fingerprint density at radius 1 is 1.15 bits per heavy atom. The Labute approximate surface area is 169 Å². The maximum Gasteiger partial charge on any atom is 0.303 e. The smallest absolute Gasteiger partial charge is 0.303 e. The van der Waals surface area contributed by atoms with Gasteiger partial charge in [0.25, 0.3) is 5.91 Å². The molecule has 0 atom stereocenters. The van der Waals surface area contributed by atoms with Crippen molar-refractivity contribution in [2.75, 3.05) is 24.5 Å². The Bertz CT molecular complexity index is 740. The molecule has 2 aliphatic rings. The third kappa shape index (κ3) is 5.32. The van der Waals surface area contributed by atoms with E-state index in [-0.39, 0.29) is 12.3 Å². The molecule has 0 bridgehead atoms. The number of benzene rings is 1. The van der Waals surface area contributed by atoms with Gasteiger partial charge >= 0.3 is 5.97 Å². The standard InChI is InChI=1S/C20H24N2O3S2/c23-18(24)6-2-5-13-22-19(25)17(27-20(22)26)14-15-7-9-16(10-8-15)21-11-3-1-4-12-21/h7-10,14H,1-6,11-13H2,(H,23,24)/b17-14+. The summed E-state index contributed by atoms with van der Waals surface area (Å²) in [6, 6.07) is 8.32. The van der Waals surface area contributed by atoms with Crippen LogP contribution >= 0.6 is 24.0 Å². The fourth-order valence-electron chi connectivity index (χ4n) is 3.32. The van der Waals surface area contributed by atoms with Crippen LogP contribution < -0.4 is 4.90 Å². The second kappa shape index (κ2) is 9.37. The molecule has 0 saturated carbocycles. The number of carboxylic acids is 1. The number of amides is 1. The van der Waals surface area contributed by atoms with Crippen LogP contribution in [0.2, 0.25) is 0 Å². The Kier molecular flexibility index (Phi) is 6.90. The minimum absolute atomic E-state index is 0.0829. The molecule has 1 N–H and O–H groups in total. The SMILES string of the molecule is O=C(O)CCCCN1C(=O)/C(=C\c2ccc(N3CCCCC3)cc2)SC1=S. The summed E-state index contributed by atoms with van der Waals surface area (Å²) < 4.78 is 0.548. The largest absolute Gasteiger partial charge is 0.481 e. The van der Waals surface area contributed by atoms with Crippen molar-refractivity contribution in [1.29, 1.82) is 0 Å². The molecule has 0 spiro atoms. The van der Waals surface area contributed by atoms with E-state index in [0.29, 0.717) is 28.6 Å². The Hall–Kier alpha value is -1.86. The number of anilines is 1. The number of hydrogen-bond acceptors (Lipinski definition) is 5. The summed E-state index contributed by atoms with van der Waals surface area (Å²) in [6.07, 6.45) is 6.99. The molecule has 0 unspecified atom stereocenters. The molecule has 1 amide bonds. The van der Waals surface area contributed by atoms with Crippen LogP contribution in [0.4, 0.5) is 5.69 Å². The van der Waals surface area contributed by atoms with Gasteiger partial charge in [-0.05, 0) is 55.9 Å². The minimum Gasteiger partial charge on any atom is -0.481 e. The number of rotatable bonds is 7. The van der Waals surface area contributed by atoms with E-state index in [9.17, 15) is 9.59 Å². The van der Waals surface area contributed by atoms with Gasteiger partial charge in [-0.25, -0.2) is 0 Å². The highest BCUT2D eigenvalue weighted by Gasteiger charge is 2.31. The molecule has 27 heavy (non-hydrogen) atoms. The van der Waals surface area contributed by atoms with E-state index in [2.05, 4.69) is 17.0 Å². The van der Waals surface area contributed by atoms with Crippen LogP contribution in [0.25, 0.3) is 6.08 Å². The van der Waals surface area contributed by atoms with Gasteiger partial charge in [-0.2, -0.15) is 0 Å². The Balaban J connectivity index is 1.60. The maximum absolute atomic E-state index is 12.6. The average Bonchev–Trinajstić information content (AvgIpc) is 2.93. The second-order valence-electron chi connectivity index (χ2n) is 6.82. The lowest BCUT2D eigenvalue weighted by Gasteiger charge is -2.28. The quantitative estimate of drug-likeness (QED) is 0.419. The highest BCUT2D eigenvalue weighted by molar-refractivity contribution is 8.26. The van der Waals surface area contributed by atoms with Gasteiger partial charge in [0.1, 0.15) is 4.32 Å². The van der Waals surface area contributed by atoms with Crippen molar-refractivity contribution >= 4 is 51.9 Å². The van der Waals surface area contributed by atoms with E-state index < -0.39 is 5.97 Å². The molecule has 0 aromatic heterocycles. The second-order valence-corrected chi connectivity index (χ2v) is 8.50.